The van der Waals surface area contributed by atoms with E-state index in [0.717, 1.165) is 0 Å². The van der Waals surface area contributed by atoms with Crippen LogP contribution in [-0.4, -0.2) is 17.8 Å². The lowest BCUT2D eigenvalue weighted by molar-refractivity contribution is 0.104. The minimum atomic E-state index is -0.170. The largest absolute Gasteiger partial charge is 0.394 e. The molecule has 0 fully saturated rings. The molecule has 0 aliphatic rings. The molecule has 0 unspecified atom stereocenters. The van der Waals surface area contributed by atoms with Gasteiger partial charge in [0.2, 0.25) is 5.78 Å². The van der Waals surface area contributed by atoms with Crippen molar-refractivity contribution in [3.63, 3.8) is 0 Å². The van der Waals surface area contributed by atoms with Crippen molar-refractivity contribution in [2.24, 2.45) is 0 Å². The standard InChI is InChI=1S/C9H9ClN2O/c1-11-6-5-8(13)7-3-2-4-9(10)12-7/h2-6,11H,1H3. The quantitative estimate of drug-likeness (QED) is 0.454. The summed E-state index contributed by atoms with van der Waals surface area (Å²) in [6, 6.07) is 4.93. The third-order valence-corrected chi connectivity index (χ3v) is 1.58. The Labute approximate surface area is 81.4 Å². The molecule has 68 valence electrons. The number of pyridine rings is 1. The van der Waals surface area contributed by atoms with Crippen LogP contribution in [0.15, 0.2) is 30.5 Å². The molecule has 0 amide bonds. The molecule has 1 heterocycles. The second-order valence-corrected chi connectivity index (χ2v) is 2.72. The van der Waals surface area contributed by atoms with Gasteiger partial charge in [0.05, 0.1) is 0 Å². The topological polar surface area (TPSA) is 42.0 Å². The molecule has 3 nitrogen and oxygen atoms in total. The van der Waals surface area contributed by atoms with Crippen molar-refractivity contribution in [2.75, 3.05) is 7.05 Å². The summed E-state index contributed by atoms with van der Waals surface area (Å²) < 4.78 is 0. The molecule has 0 saturated carbocycles. The fourth-order valence-electron chi connectivity index (χ4n) is 0.790. The highest BCUT2D eigenvalue weighted by Gasteiger charge is 2.02. The number of nitrogens with one attached hydrogen (secondary N) is 1. The van der Waals surface area contributed by atoms with Gasteiger partial charge in [-0.2, -0.15) is 0 Å². The number of carbonyl (C=O) groups is 1. The first-order valence-electron chi connectivity index (χ1n) is 3.75. The summed E-state index contributed by atoms with van der Waals surface area (Å²) in [6.45, 7) is 0. The fourth-order valence-corrected chi connectivity index (χ4v) is 0.954. The molecule has 1 N–H and O–H groups in total. The number of nitrogens with zero attached hydrogens (tertiary/aromatic N) is 1. The Hall–Kier alpha value is -1.35. The van der Waals surface area contributed by atoms with E-state index in [9.17, 15) is 4.79 Å². The lowest BCUT2D eigenvalue weighted by Gasteiger charge is -1.94. The van der Waals surface area contributed by atoms with Crippen LogP contribution in [0.5, 0.6) is 0 Å². The molecular formula is C9H9ClN2O. The molecule has 1 aromatic heterocycles. The van der Waals surface area contributed by atoms with E-state index in [1.54, 1.807) is 31.4 Å². The Kier molecular flexibility index (Phi) is 3.46. The molecule has 0 saturated heterocycles. The summed E-state index contributed by atoms with van der Waals surface area (Å²) in [4.78, 5) is 15.2. The Morgan fingerprint density at radius 3 is 3.00 bits per heavy atom. The van der Waals surface area contributed by atoms with Crippen LogP contribution in [0.1, 0.15) is 10.5 Å². The zero-order valence-electron chi connectivity index (χ0n) is 7.12. The van der Waals surface area contributed by atoms with Crippen LogP contribution in [0.2, 0.25) is 5.15 Å². The number of allylic oxidation sites excluding steroid dienone is 1. The predicted molar refractivity (Wildman–Crippen MR) is 51.8 cm³/mol. The van der Waals surface area contributed by atoms with Crippen LogP contribution in [0.4, 0.5) is 0 Å². The molecule has 1 aromatic rings. The van der Waals surface area contributed by atoms with Crippen molar-refractivity contribution in [2.45, 2.75) is 0 Å². The number of aromatic nitrogens is 1. The van der Waals surface area contributed by atoms with Crippen LogP contribution in [0, 0.1) is 0 Å². The Morgan fingerprint density at radius 1 is 1.62 bits per heavy atom. The van der Waals surface area contributed by atoms with Gasteiger partial charge in [0.25, 0.3) is 0 Å². The van der Waals surface area contributed by atoms with Gasteiger partial charge in [-0.25, -0.2) is 4.98 Å². The summed E-state index contributed by atoms with van der Waals surface area (Å²) in [5.74, 6) is -0.170. The molecule has 4 heteroatoms. The van der Waals surface area contributed by atoms with E-state index in [1.165, 1.54) is 6.08 Å². The summed E-state index contributed by atoms with van der Waals surface area (Å²) in [5, 5.41) is 3.04. The van der Waals surface area contributed by atoms with E-state index < -0.39 is 0 Å². The molecule has 0 aromatic carbocycles. The van der Waals surface area contributed by atoms with Gasteiger partial charge in [-0.05, 0) is 12.1 Å². The normalized spacial score (nSPS) is 10.3. The second-order valence-electron chi connectivity index (χ2n) is 2.33. The van der Waals surface area contributed by atoms with E-state index in [2.05, 4.69) is 10.3 Å². The number of carbonyl (C=O) groups excluding carboxylic acids is 1. The van der Waals surface area contributed by atoms with Gasteiger partial charge in [-0.3, -0.25) is 4.79 Å². The van der Waals surface area contributed by atoms with Crippen molar-refractivity contribution in [1.82, 2.24) is 10.3 Å². The minimum absolute atomic E-state index is 0.170. The van der Waals surface area contributed by atoms with Crippen molar-refractivity contribution >= 4 is 17.4 Å². The first-order valence-corrected chi connectivity index (χ1v) is 4.12. The van der Waals surface area contributed by atoms with E-state index in [1.807, 2.05) is 0 Å². The van der Waals surface area contributed by atoms with Crippen molar-refractivity contribution in [1.29, 1.82) is 0 Å². The highest BCUT2D eigenvalue weighted by atomic mass is 35.5. The van der Waals surface area contributed by atoms with E-state index >= 15 is 0 Å². The highest BCUT2D eigenvalue weighted by Crippen LogP contribution is 2.05. The molecular weight excluding hydrogens is 188 g/mol. The lowest BCUT2D eigenvalue weighted by Crippen LogP contribution is -2.00. The molecule has 0 bridgehead atoms. The Bertz CT molecular complexity index is 336. The second kappa shape index (κ2) is 4.62. The molecule has 13 heavy (non-hydrogen) atoms. The van der Waals surface area contributed by atoms with Crippen LogP contribution in [0.25, 0.3) is 0 Å². The highest BCUT2D eigenvalue weighted by molar-refractivity contribution is 6.29. The lowest BCUT2D eigenvalue weighted by atomic mass is 10.2. The molecule has 0 aliphatic carbocycles. The van der Waals surface area contributed by atoms with Gasteiger partial charge in [-0.15, -0.1) is 0 Å². The van der Waals surface area contributed by atoms with Gasteiger partial charge in [0.15, 0.2) is 0 Å². The third-order valence-electron chi connectivity index (χ3n) is 1.37. The number of hydrogen-bond donors (Lipinski definition) is 1. The van der Waals surface area contributed by atoms with Gasteiger partial charge in [0.1, 0.15) is 10.8 Å². The van der Waals surface area contributed by atoms with Crippen molar-refractivity contribution in [3.8, 4) is 0 Å². The average Bonchev–Trinajstić information content (AvgIpc) is 2.14. The number of halogens is 1. The van der Waals surface area contributed by atoms with Gasteiger partial charge < -0.3 is 5.32 Å². The zero-order chi connectivity index (χ0) is 9.68. The number of hydrogen-bond acceptors (Lipinski definition) is 3. The molecule has 0 radical (unpaired) electrons. The van der Waals surface area contributed by atoms with Crippen molar-refractivity contribution < 1.29 is 4.79 Å². The first-order chi connectivity index (χ1) is 6.24. The average molecular weight is 197 g/mol. The van der Waals surface area contributed by atoms with Crippen LogP contribution >= 0.6 is 11.6 Å². The monoisotopic (exact) mass is 196 g/mol. The van der Waals surface area contributed by atoms with Gasteiger partial charge in [0, 0.05) is 19.3 Å². The van der Waals surface area contributed by atoms with Gasteiger partial charge >= 0.3 is 0 Å². The Morgan fingerprint density at radius 2 is 2.38 bits per heavy atom. The number of rotatable bonds is 3. The molecule has 0 atom stereocenters. The van der Waals surface area contributed by atoms with Crippen molar-refractivity contribution in [3.05, 3.63) is 41.3 Å². The zero-order valence-corrected chi connectivity index (χ0v) is 7.88. The minimum Gasteiger partial charge on any atom is -0.394 e. The first kappa shape index (κ1) is 9.74. The smallest absolute Gasteiger partial charge is 0.205 e. The summed E-state index contributed by atoms with van der Waals surface area (Å²) in [7, 11) is 1.72. The van der Waals surface area contributed by atoms with E-state index in [0.29, 0.717) is 10.8 Å². The van der Waals surface area contributed by atoms with Gasteiger partial charge in [-0.1, -0.05) is 17.7 Å². The predicted octanol–water partition coefficient (Wildman–Crippen LogP) is 1.65. The maximum absolute atomic E-state index is 11.3. The van der Waals surface area contributed by atoms with Crippen LogP contribution in [-0.2, 0) is 0 Å². The molecule has 0 spiro atoms. The molecule has 1 rings (SSSR count). The summed E-state index contributed by atoms with van der Waals surface area (Å²) in [6.07, 6.45) is 2.95. The summed E-state index contributed by atoms with van der Waals surface area (Å²) in [5.41, 5.74) is 0.346. The third kappa shape index (κ3) is 2.87. The SMILES string of the molecule is CNC=CC(=O)c1cccc(Cl)n1. The fraction of sp³-hybridized carbons (Fsp3) is 0.111. The van der Waals surface area contributed by atoms with Crippen LogP contribution < -0.4 is 5.32 Å². The molecule has 0 aliphatic heterocycles. The summed E-state index contributed by atoms with van der Waals surface area (Å²) >= 11 is 5.62. The Balaban J connectivity index is 2.83. The maximum atomic E-state index is 11.3. The van der Waals surface area contributed by atoms with E-state index in [-0.39, 0.29) is 5.78 Å². The van der Waals surface area contributed by atoms with E-state index in [4.69, 9.17) is 11.6 Å². The van der Waals surface area contributed by atoms with Crippen LogP contribution in [0.3, 0.4) is 0 Å². The number of ketones is 1. The maximum Gasteiger partial charge on any atom is 0.205 e.